The van der Waals surface area contributed by atoms with E-state index >= 15 is 0 Å². The van der Waals surface area contributed by atoms with Gasteiger partial charge in [-0.15, -0.1) is 0 Å². The second kappa shape index (κ2) is 9.67. The van der Waals surface area contributed by atoms with Gasteiger partial charge in [-0.1, -0.05) is 60.7 Å². The third-order valence-corrected chi connectivity index (χ3v) is 6.65. The Labute approximate surface area is 209 Å². The molecule has 0 radical (unpaired) electrons. The Bertz CT molecular complexity index is 1550. The van der Waals surface area contributed by atoms with Crippen LogP contribution in [0.5, 0.6) is 5.75 Å². The highest BCUT2D eigenvalue weighted by Gasteiger charge is 2.23. The minimum atomic E-state index is -0.402. The molecular weight excluding hydrogens is 446 g/mol. The molecule has 4 heteroatoms. The molecule has 0 saturated carbocycles. The number of hydrogen-bond donors (Lipinski definition) is 0. The Balaban J connectivity index is 1.36. The highest BCUT2D eigenvalue weighted by atomic mass is 16.5. The largest absolute Gasteiger partial charge is 0.461 e. The number of carbonyl (C=O) groups is 1. The van der Waals surface area contributed by atoms with Crippen molar-refractivity contribution in [2.45, 2.75) is 25.7 Å². The van der Waals surface area contributed by atoms with Crippen molar-refractivity contribution < 1.29 is 13.9 Å². The van der Waals surface area contributed by atoms with Gasteiger partial charge in [-0.05, 0) is 66.8 Å². The van der Waals surface area contributed by atoms with Crippen LogP contribution in [0.1, 0.15) is 40.1 Å². The molecule has 5 aromatic rings. The lowest BCUT2D eigenvalue weighted by Crippen LogP contribution is -2.10. The van der Waals surface area contributed by atoms with Crippen LogP contribution in [-0.2, 0) is 12.8 Å². The summed E-state index contributed by atoms with van der Waals surface area (Å²) >= 11 is 0. The summed E-state index contributed by atoms with van der Waals surface area (Å²) in [7, 11) is 0. The first kappa shape index (κ1) is 22.1. The Morgan fingerprint density at radius 1 is 0.778 bits per heavy atom. The van der Waals surface area contributed by atoms with E-state index in [0.29, 0.717) is 11.3 Å². The van der Waals surface area contributed by atoms with E-state index in [-0.39, 0.29) is 0 Å². The number of aryl methyl sites for hydroxylation is 2. The summed E-state index contributed by atoms with van der Waals surface area (Å²) in [6, 6.07) is 31.0. The van der Waals surface area contributed by atoms with Crippen molar-refractivity contribution in [3.05, 3.63) is 120 Å². The normalized spacial score (nSPS) is 13.1. The van der Waals surface area contributed by atoms with Crippen molar-refractivity contribution in [2.24, 2.45) is 4.99 Å². The molecule has 0 N–H and O–H groups in total. The van der Waals surface area contributed by atoms with Crippen molar-refractivity contribution in [1.29, 1.82) is 0 Å². The molecule has 0 saturated heterocycles. The average Bonchev–Trinajstić information content (AvgIpc) is 3.32. The van der Waals surface area contributed by atoms with Gasteiger partial charge in [-0.25, -0.2) is 4.79 Å². The van der Waals surface area contributed by atoms with Gasteiger partial charge in [-0.3, -0.25) is 4.99 Å². The molecule has 176 valence electrons. The highest BCUT2D eigenvalue weighted by Crippen LogP contribution is 2.37. The molecule has 0 fully saturated rings. The third-order valence-electron chi connectivity index (χ3n) is 6.65. The van der Waals surface area contributed by atoms with Crippen molar-refractivity contribution in [3.8, 4) is 16.9 Å². The molecule has 4 nitrogen and oxygen atoms in total. The number of rotatable bonds is 5. The number of aliphatic imine (C=N–C) groups is 1. The van der Waals surface area contributed by atoms with Crippen LogP contribution in [0.3, 0.4) is 0 Å². The van der Waals surface area contributed by atoms with Crippen LogP contribution in [0, 0.1) is 0 Å². The highest BCUT2D eigenvalue weighted by molar-refractivity contribution is 6.05. The topological polar surface area (TPSA) is 51.8 Å². The zero-order chi connectivity index (χ0) is 24.3. The number of nitrogens with zero attached hydrogens (tertiary/aromatic N) is 1. The molecule has 1 heterocycles. The zero-order valence-corrected chi connectivity index (χ0v) is 19.8. The Hall–Kier alpha value is -4.44. The standard InChI is InChI=1S/C32H25NO3/c34-32(24-17-15-23(16-18-24)22-9-3-1-4-10-22)36-29-19-20-30-31(26-13-7-8-14-28(26)35-30)27(29)21-33-25-11-5-2-6-12-25/h1-6,9-12,15-21H,7-8,13-14H2. The lowest BCUT2D eigenvalue weighted by Gasteiger charge is -2.12. The summed E-state index contributed by atoms with van der Waals surface area (Å²) in [4.78, 5) is 17.8. The summed E-state index contributed by atoms with van der Waals surface area (Å²) in [6.07, 6.45) is 5.92. The number of para-hydroxylation sites is 1. The van der Waals surface area contributed by atoms with Crippen molar-refractivity contribution in [1.82, 2.24) is 0 Å². The van der Waals surface area contributed by atoms with E-state index in [1.54, 1.807) is 24.4 Å². The zero-order valence-electron chi connectivity index (χ0n) is 19.8. The van der Waals surface area contributed by atoms with Gasteiger partial charge in [0.1, 0.15) is 17.1 Å². The summed E-state index contributed by atoms with van der Waals surface area (Å²) in [5.41, 5.74) is 6.27. The van der Waals surface area contributed by atoms with Crippen LogP contribution in [0.25, 0.3) is 22.1 Å². The summed E-state index contributed by atoms with van der Waals surface area (Å²) in [6.45, 7) is 0. The minimum absolute atomic E-state index is 0.402. The molecule has 1 aromatic heterocycles. The maximum absolute atomic E-state index is 13.2. The molecule has 0 aliphatic heterocycles. The van der Waals surface area contributed by atoms with E-state index in [4.69, 9.17) is 9.15 Å². The number of furan rings is 1. The van der Waals surface area contributed by atoms with E-state index in [0.717, 1.165) is 64.8 Å². The number of carbonyl (C=O) groups excluding carboxylic acids is 1. The van der Waals surface area contributed by atoms with Gasteiger partial charge in [0.2, 0.25) is 0 Å². The average molecular weight is 472 g/mol. The number of fused-ring (bicyclic) bond motifs is 3. The van der Waals surface area contributed by atoms with Crippen LogP contribution in [-0.4, -0.2) is 12.2 Å². The number of benzene rings is 4. The van der Waals surface area contributed by atoms with Crippen molar-refractivity contribution >= 4 is 28.8 Å². The molecule has 1 aliphatic rings. The van der Waals surface area contributed by atoms with Gasteiger partial charge < -0.3 is 9.15 Å². The van der Waals surface area contributed by atoms with Crippen molar-refractivity contribution in [3.63, 3.8) is 0 Å². The van der Waals surface area contributed by atoms with Crippen LogP contribution in [0.2, 0.25) is 0 Å². The quantitative estimate of drug-likeness (QED) is 0.148. The predicted molar refractivity (Wildman–Crippen MR) is 143 cm³/mol. The Morgan fingerprint density at radius 3 is 2.25 bits per heavy atom. The first-order valence-corrected chi connectivity index (χ1v) is 12.3. The molecular formula is C32H25NO3. The lowest BCUT2D eigenvalue weighted by atomic mass is 9.94. The van der Waals surface area contributed by atoms with E-state index in [9.17, 15) is 4.79 Å². The monoisotopic (exact) mass is 471 g/mol. The molecule has 0 atom stereocenters. The maximum atomic E-state index is 13.2. The van der Waals surface area contributed by atoms with Crippen LogP contribution in [0.15, 0.2) is 106 Å². The molecule has 0 amide bonds. The SMILES string of the molecule is O=C(Oc1ccc2oc3c(c2c1C=Nc1ccccc1)CCCC3)c1ccc(-c2ccccc2)cc1. The Morgan fingerprint density at radius 2 is 1.47 bits per heavy atom. The van der Waals surface area contributed by atoms with Crippen molar-refractivity contribution in [2.75, 3.05) is 0 Å². The van der Waals surface area contributed by atoms with Crippen LogP contribution in [0.4, 0.5) is 5.69 Å². The fourth-order valence-corrected chi connectivity index (χ4v) is 4.82. The van der Waals surface area contributed by atoms with Crippen LogP contribution >= 0.6 is 0 Å². The van der Waals surface area contributed by atoms with E-state index in [1.165, 1.54) is 5.56 Å². The molecule has 0 spiro atoms. The van der Waals surface area contributed by atoms with Gasteiger partial charge in [0.15, 0.2) is 0 Å². The van der Waals surface area contributed by atoms with Crippen LogP contribution < -0.4 is 4.74 Å². The maximum Gasteiger partial charge on any atom is 0.343 e. The third kappa shape index (κ3) is 4.34. The molecule has 1 aliphatic carbocycles. The van der Waals surface area contributed by atoms with E-state index in [1.807, 2.05) is 78.9 Å². The van der Waals surface area contributed by atoms with Gasteiger partial charge in [0, 0.05) is 29.1 Å². The number of ether oxygens (including phenoxy) is 1. The second-order valence-electron chi connectivity index (χ2n) is 8.99. The minimum Gasteiger partial charge on any atom is -0.461 e. The van der Waals surface area contributed by atoms with E-state index < -0.39 is 5.97 Å². The second-order valence-corrected chi connectivity index (χ2v) is 8.99. The van der Waals surface area contributed by atoms with Gasteiger partial charge in [-0.2, -0.15) is 0 Å². The lowest BCUT2D eigenvalue weighted by molar-refractivity contribution is 0.0734. The van der Waals surface area contributed by atoms with Gasteiger partial charge in [0.05, 0.1) is 11.3 Å². The molecule has 0 unspecified atom stereocenters. The van der Waals surface area contributed by atoms with E-state index in [2.05, 4.69) is 4.99 Å². The molecule has 36 heavy (non-hydrogen) atoms. The molecule has 4 aromatic carbocycles. The first-order chi connectivity index (χ1) is 17.8. The smallest absolute Gasteiger partial charge is 0.343 e. The number of hydrogen-bond acceptors (Lipinski definition) is 4. The molecule has 6 rings (SSSR count). The predicted octanol–water partition coefficient (Wildman–Crippen LogP) is 7.95. The van der Waals surface area contributed by atoms with Gasteiger partial charge >= 0.3 is 5.97 Å². The summed E-state index contributed by atoms with van der Waals surface area (Å²) in [5, 5.41) is 0.995. The number of esters is 1. The first-order valence-electron chi connectivity index (χ1n) is 12.3. The fourth-order valence-electron chi connectivity index (χ4n) is 4.82. The Kier molecular flexibility index (Phi) is 5.92. The van der Waals surface area contributed by atoms with Gasteiger partial charge in [0.25, 0.3) is 0 Å². The summed E-state index contributed by atoms with van der Waals surface area (Å²) in [5.74, 6) is 1.11. The fraction of sp³-hybridized carbons (Fsp3) is 0.125. The molecule has 0 bridgehead atoms. The summed E-state index contributed by atoms with van der Waals surface area (Å²) < 4.78 is 12.1.